The molecule has 0 atom stereocenters. The molecule has 1 aliphatic heterocycles. The number of benzene rings is 1. The van der Waals surface area contributed by atoms with Gasteiger partial charge in [0, 0.05) is 18.7 Å². The van der Waals surface area contributed by atoms with Crippen LogP contribution in [0.2, 0.25) is 0 Å². The third kappa shape index (κ3) is 3.67. The van der Waals surface area contributed by atoms with Gasteiger partial charge >= 0.3 is 5.97 Å². The number of nitrogens with zero attached hydrogens (tertiary/aromatic N) is 1. The van der Waals surface area contributed by atoms with Gasteiger partial charge in [-0.1, -0.05) is 36.1 Å². The van der Waals surface area contributed by atoms with Crippen molar-refractivity contribution in [1.82, 2.24) is 4.90 Å². The molecule has 1 aromatic heterocycles. The molecule has 1 amide bonds. The summed E-state index contributed by atoms with van der Waals surface area (Å²) >= 11 is 6.35. The van der Waals surface area contributed by atoms with Gasteiger partial charge in [0.25, 0.3) is 5.91 Å². The van der Waals surface area contributed by atoms with Gasteiger partial charge < -0.3 is 9.15 Å². The number of likely N-dealkylation sites (N-methyl/N-ethyl adjacent to an activating group) is 1. The number of carbonyl (C=O) groups is 2. The Balaban J connectivity index is 1.79. The van der Waals surface area contributed by atoms with Crippen molar-refractivity contribution < 1.29 is 18.7 Å². The van der Waals surface area contributed by atoms with Crippen molar-refractivity contribution in [1.29, 1.82) is 0 Å². The highest BCUT2D eigenvalue weighted by atomic mass is 32.2. The number of hydrogen-bond acceptors (Lipinski definition) is 6. The second-order valence-electron chi connectivity index (χ2n) is 5.24. The van der Waals surface area contributed by atoms with Crippen LogP contribution in [0.1, 0.15) is 23.0 Å². The van der Waals surface area contributed by atoms with Crippen LogP contribution in [0.3, 0.4) is 0 Å². The van der Waals surface area contributed by atoms with E-state index in [9.17, 15) is 9.59 Å². The fourth-order valence-electron chi connectivity index (χ4n) is 2.25. The maximum Gasteiger partial charge on any atom is 0.338 e. The monoisotopic (exact) mass is 373 g/mol. The molecule has 5 nitrogen and oxygen atoms in total. The van der Waals surface area contributed by atoms with E-state index < -0.39 is 0 Å². The fraction of sp³-hybridized carbons (Fsp3) is 0.167. The Labute approximate surface area is 154 Å². The predicted molar refractivity (Wildman–Crippen MR) is 101 cm³/mol. The highest BCUT2D eigenvalue weighted by molar-refractivity contribution is 8.26. The average molecular weight is 373 g/mol. The van der Waals surface area contributed by atoms with Crippen LogP contribution in [0.5, 0.6) is 0 Å². The Kier molecular flexibility index (Phi) is 5.06. The van der Waals surface area contributed by atoms with E-state index in [2.05, 4.69) is 0 Å². The first-order chi connectivity index (χ1) is 12.0. The molecular formula is C18H15NO4S2. The number of furan rings is 1. The van der Waals surface area contributed by atoms with Crippen LogP contribution in [0.4, 0.5) is 0 Å². The summed E-state index contributed by atoms with van der Waals surface area (Å²) in [5.74, 6) is 0.731. The molecule has 25 heavy (non-hydrogen) atoms. The van der Waals surface area contributed by atoms with Gasteiger partial charge in [0.2, 0.25) is 0 Å². The van der Waals surface area contributed by atoms with Crippen molar-refractivity contribution in [2.45, 2.75) is 6.92 Å². The van der Waals surface area contributed by atoms with Crippen LogP contribution in [0.25, 0.3) is 17.4 Å². The molecule has 0 bridgehead atoms. The second-order valence-corrected chi connectivity index (χ2v) is 6.92. The van der Waals surface area contributed by atoms with Crippen LogP contribution in [-0.2, 0) is 9.53 Å². The van der Waals surface area contributed by atoms with E-state index in [4.69, 9.17) is 21.4 Å². The standard InChI is InChI=1S/C18H15NO4S2/c1-3-22-17(21)12-6-4-11(5-7-12)14-9-8-13(23-14)10-15-16(20)19(2)18(24)25-15/h4-10H,3H2,1-2H3/b15-10+. The third-order valence-electron chi connectivity index (χ3n) is 3.57. The van der Waals surface area contributed by atoms with Gasteiger partial charge in [-0.15, -0.1) is 0 Å². The number of ether oxygens (including phenoxy) is 1. The summed E-state index contributed by atoms with van der Waals surface area (Å²) < 4.78 is 11.3. The highest BCUT2D eigenvalue weighted by Crippen LogP contribution is 2.32. The molecule has 1 aromatic carbocycles. The van der Waals surface area contributed by atoms with Gasteiger partial charge in [-0.05, 0) is 31.2 Å². The molecule has 3 rings (SSSR count). The first-order valence-electron chi connectivity index (χ1n) is 7.58. The van der Waals surface area contributed by atoms with Crippen molar-refractivity contribution >= 4 is 46.3 Å². The number of hydrogen-bond donors (Lipinski definition) is 0. The molecule has 0 spiro atoms. The van der Waals surface area contributed by atoms with Crippen molar-refractivity contribution in [2.24, 2.45) is 0 Å². The van der Waals surface area contributed by atoms with Crippen molar-refractivity contribution in [2.75, 3.05) is 13.7 Å². The first kappa shape index (κ1) is 17.4. The quantitative estimate of drug-likeness (QED) is 0.459. The predicted octanol–water partition coefficient (Wildman–Crippen LogP) is 3.95. The lowest BCUT2D eigenvalue weighted by atomic mass is 10.1. The summed E-state index contributed by atoms with van der Waals surface area (Å²) in [7, 11) is 1.65. The SMILES string of the molecule is CCOC(=O)c1ccc(-c2ccc(/C=C3/SC(=S)N(C)C3=O)o2)cc1. The van der Waals surface area contributed by atoms with E-state index in [0.29, 0.717) is 32.9 Å². The number of amides is 1. The minimum absolute atomic E-state index is 0.133. The molecule has 0 N–H and O–H groups in total. The lowest BCUT2D eigenvalue weighted by Gasteiger charge is -2.03. The second kappa shape index (κ2) is 7.25. The first-order valence-corrected chi connectivity index (χ1v) is 8.81. The lowest BCUT2D eigenvalue weighted by Crippen LogP contribution is -2.22. The summed E-state index contributed by atoms with van der Waals surface area (Å²) in [4.78, 5) is 25.7. The Morgan fingerprint density at radius 2 is 2.00 bits per heavy atom. The zero-order valence-corrected chi connectivity index (χ0v) is 15.3. The number of rotatable bonds is 4. The van der Waals surface area contributed by atoms with Gasteiger partial charge in [-0.25, -0.2) is 4.79 Å². The molecule has 1 saturated heterocycles. The van der Waals surface area contributed by atoms with Crippen molar-refractivity contribution in [3.8, 4) is 11.3 Å². The molecule has 2 aromatic rings. The van der Waals surface area contributed by atoms with E-state index in [1.165, 1.54) is 16.7 Å². The van der Waals surface area contributed by atoms with Gasteiger partial charge in [-0.2, -0.15) is 0 Å². The normalized spacial score (nSPS) is 15.9. The summed E-state index contributed by atoms with van der Waals surface area (Å²) in [5, 5.41) is 0. The van der Waals surface area contributed by atoms with Gasteiger partial charge in [0.05, 0.1) is 17.1 Å². The molecule has 0 radical (unpaired) electrons. The Morgan fingerprint density at radius 3 is 2.60 bits per heavy atom. The third-order valence-corrected chi connectivity index (χ3v) is 5.05. The van der Waals surface area contributed by atoms with Crippen LogP contribution < -0.4 is 0 Å². The number of thioether (sulfide) groups is 1. The zero-order valence-electron chi connectivity index (χ0n) is 13.6. The van der Waals surface area contributed by atoms with Crippen LogP contribution in [0, 0.1) is 0 Å². The number of thiocarbonyl (C=S) groups is 1. The number of carbonyl (C=O) groups excluding carboxylic acids is 2. The molecule has 7 heteroatoms. The molecular weight excluding hydrogens is 358 g/mol. The van der Waals surface area contributed by atoms with E-state index in [1.807, 2.05) is 6.07 Å². The molecule has 0 aliphatic carbocycles. The zero-order chi connectivity index (χ0) is 18.0. The minimum Gasteiger partial charge on any atom is -0.462 e. The summed E-state index contributed by atoms with van der Waals surface area (Å²) in [6, 6.07) is 10.6. The molecule has 2 heterocycles. The van der Waals surface area contributed by atoms with Crippen molar-refractivity contribution in [3.05, 3.63) is 52.6 Å². The Morgan fingerprint density at radius 1 is 1.28 bits per heavy atom. The van der Waals surface area contributed by atoms with E-state index >= 15 is 0 Å². The minimum atomic E-state index is -0.351. The Hall–Kier alpha value is -2.38. The number of esters is 1. The molecule has 0 saturated carbocycles. The van der Waals surface area contributed by atoms with E-state index in [1.54, 1.807) is 50.4 Å². The summed E-state index contributed by atoms with van der Waals surface area (Å²) in [6.07, 6.45) is 1.68. The average Bonchev–Trinajstić information content (AvgIpc) is 3.17. The largest absolute Gasteiger partial charge is 0.462 e. The molecule has 1 fully saturated rings. The molecule has 128 valence electrons. The van der Waals surface area contributed by atoms with Crippen molar-refractivity contribution in [3.63, 3.8) is 0 Å². The smallest absolute Gasteiger partial charge is 0.338 e. The van der Waals surface area contributed by atoms with E-state index in [-0.39, 0.29) is 11.9 Å². The van der Waals surface area contributed by atoms with Gasteiger partial charge in [0.15, 0.2) is 0 Å². The van der Waals surface area contributed by atoms with Gasteiger partial charge in [0.1, 0.15) is 15.8 Å². The molecule has 1 aliphatic rings. The topological polar surface area (TPSA) is 59.8 Å². The van der Waals surface area contributed by atoms with Crippen LogP contribution >= 0.6 is 24.0 Å². The van der Waals surface area contributed by atoms with E-state index in [0.717, 1.165) is 5.56 Å². The lowest BCUT2D eigenvalue weighted by molar-refractivity contribution is -0.121. The fourth-order valence-corrected chi connectivity index (χ4v) is 3.40. The summed E-state index contributed by atoms with van der Waals surface area (Å²) in [5.41, 5.74) is 1.32. The van der Waals surface area contributed by atoms with Crippen LogP contribution in [0.15, 0.2) is 45.7 Å². The summed E-state index contributed by atoms with van der Waals surface area (Å²) in [6.45, 7) is 2.11. The Bertz CT molecular complexity index is 867. The maximum atomic E-state index is 12.0. The van der Waals surface area contributed by atoms with Gasteiger partial charge in [-0.3, -0.25) is 9.69 Å². The highest BCUT2D eigenvalue weighted by Gasteiger charge is 2.29. The maximum absolute atomic E-state index is 12.0. The van der Waals surface area contributed by atoms with Crippen LogP contribution in [-0.4, -0.2) is 34.8 Å². The molecule has 0 unspecified atom stereocenters.